The molecule has 1 amide bonds. The Kier molecular flexibility index (Phi) is 6.78. The van der Waals surface area contributed by atoms with Gasteiger partial charge in [0.05, 0.1) is 17.7 Å². The second-order valence-electron chi connectivity index (χ2n) is 7.30. The van der Waals surface area contributed by atoms with E-state index < -0.39 is 23.2 Å². The predicted molar refractivity (Wildman–Crippen MR) is 104 cm³/mol. The quantitative estimate of drug-likeness (QED) is 0.662. The number of thiazole rings is 1. The molecule has 0 unspecified atom stereocenters. The van der Waals surface area contributed by atoms with Gasteiger partial charge in [-0.1, -0.05) is 32.4 Å². The van der Waals surface area contributed by atoms with Crippen LogP contribution in [0, 0.1) is 6.92 Å². The normalized spacial score (nSPS) is 13.2. The Morgan fingerprint density at radius 1 is 1.29 bits per heavy atom. The van der Waals surface area contributed by atoms with E-state index in [4.69, 9.17) is 16.3 Å². The lowest BCUT2D eigenvalue weighted by molar-refractivity contribution is -0.137. The van der Waals surface area contributed by atoms with E-state index in [-0.39, 0.29) is 10.4 Å². The fourth-order valence-corrected chi connectivity index (χ4v) is 4.18. The average Bonchev–Trinajstić information content (AvgIpc) is 2.87. The van der Waals surface area contributed by atoms with Crippen molar-refractivity contribution in [3.8, 4) is 0 Å². The topological polar surface area (TPSA) is 43.6 Å². The molecule has 0 atom stereocenters. The first-order valence-corrected chi connectivity index (χ1v) is 9.71. The minimum atomic E-state index is -4.68. The maximum atomic E-state index is 13.3. The van der Waals surface area contributed by atoms with Crippen LogP contribution in [0.4, 0.5) is 13.2 Å². The number of amides is 1. The molecule has 0 aliphatic carbocycles. The lowest BCUT2D eigenvalue weighted by Crippen LogP contribution is -2.22. The van der Waals surface area contributed by atoms with Gasteiger partial charge >= 0.3 is 6.18 Å². The number of halogens is 4. The van der Waals surface area contributed by atoms with E-state index in [9.17, 15) is 18.0 Å². The van der Waals surface area contributed by atoms with Gasteiger partial charge in [0.15, 0.2) is 4.80 Å². The molecule has 4 nitrogen and oxygen atoms in total. The molecule has 1 heterocycles. The van der Waals surface area contributed by atoms with E-state index in [0.717, 1.165) is 28.8 Å². The first kappa shape index (κ1) is 22.6. The summed E-state index contributed by atoms with van der Waals surface area (Å²) in [6, 6.07) is 2.90. The third-order valence-corrected chi connectivity index (χ3v) is 5.91. The van der Waals surface area contributed by atoms with Crippen LogP contribution >= 0.6 is 22.9 Å². The van der Waals surface area contributed by atoms with Gasteiger partial charge in [0, 0.05) is 29.2 Å². The molecule has 0 bridgehead atoms. The van der Waals surface area contributed by atoms with Crippen molar-refractivity contribution in [3.05, 3.63) is 49.7 Å². The molecule has 0 saturated carbocycles. The summed E-state index contributed by atoms with van der Waals surface area (Å²) in [4.78, 5) is 18.0. The Labute approximate surface area is 170 Å². The molecule has 0 N–H and O–H groups in total. The highest BCUT2D eigenvalue weighted by Crippen LogP contribution is 2.34. The molecule has 2 aromatic rings. The van der Waals surface area contributed by atoms with Crippen molar-refractivity contribution in [2.45, 2.75) is 45.8 Å². The fraction of sp³-hybridized carbons (Fsp3) is 0.474. The van der Waals surface area contributed by atoms with Crippen LogP contribution in [0.5, 0.6) is 0 Å². The minimum Gasteiger partial charge on any atom is -0.383 e. The molecule has 0 aliphatic rings. The third kappa shape index (κ3) is 5.04. The van der Waals surface area contributed by atoms with Gasteiger partial charge < -0.3 is 9.30 Å². The van der Waals surface area contributed by atoms with Crippen molar-refractivity contribution in [1.82, 2.24) is 4.57 Å². The van der Waals surface area contributed by atoms with E-state index in [1.807, 2.05) is 27.7 Å². The molecule has 0 fully saturated rings. The van der Waals surface area contributed by atoms with Crippen molar-refractivity contribution in [3.63, 3.8) is 0 Å². The summed E-state index contributed by atoms with van der Waals surface area (Å²) in [5.74, 6) is -0.984. The van der Waals surface area contributed by atoms with Crippen LogP contribution in [0.15, 0.2) is 23.2 Å². The molecular weight excluding hydrogens is 413 g/mol. The average molecular weight is 435 g/mol. The number of benzene rings is 1. The summed E-state index contributed by atoms with van der Waals surface area (Å²) in [6.45, 7) is 8.79. The Balaban J connectivity index is 2.65. The molecule has 0 radical (unpaired) electrons. The SMILES string of the molecule is COCCn1c(C)c(C(C)(C)C)sc1=NC(=O)c1cc(Cl)ccc1C(F)(F)F. The molecule has 0 aliphatic heterocycles. The highest BCUT2D eigenvalue weighted by Gasteiger charge is 2.35. The number of nitrogens with zero attached hydrogens (tertiary/aromatic N) is 2. The number of carbonyl (C=O) groups excluding carboxylic acids is 1. The lowest BCUT2D eigenvalue weighted by atomic mass is 9.93. The summed E-state index contributed by atoms with van der Waals surface area (Å²) in [6.07, 6.45) is -4.68. The van der Waals surface area contributed by atoms with Gasteiger partial charge in [-0.15, -0.1) is 11.3 Å². The van der Waals surface area contributed by atoms with Gasteiger partial charge in [-0.2, -0.15) is 18.2 Å². The Bertz CT molecular complexity index is 940. The van der Waals surface area contributed by atoms with Crippen LogP contribution in [0.25, 0.3) is 0 Å². The number of alkyl halides is 3. The predicted octanol–water partition coefficient (Wildman–Crippen LogP) is 5.22. The van der Waals surface area contributed by atoms with Crippen LogP contribution in [-0.4, -0.2) is 24.2 Å². The van der Waals surface area contributed by atoms with E-state index in [0.29, 0.717) is 18.0 Å². The van der Waals surface area contributed by atoms with Crippen molar-refractivity contribution in [1.29, 1.82) is 0 Å². The van der Waals surface area contributed by atoms with Gasteiger partial charge in [0.1, 0.15) is 0 Å². The summed E-state index contributed by atoms with van der Waals surface area (Å²) >= 11 is 7.11. The minimum absolute atomic E-state index is 0.0385. The maximum Gasteiger partial charge on any atom is 0.417 e. The molecule has 28 heavy (non-hydrogen) atoms. The first-order chi connectivity index (χ1) is 12.9. The molecule has 1 aromatic heterocycles. The zero-order chi connectivity index (χ0) is 21.3. The van der Waals surface area contributed by atoms with E-state index in [1.165, 1.54) is 11.3 Å². The first-order valence-electron chi connectivity index (χ1n) is 8.51. The summed E-state index contributed by atoms with van der Waals surface area (Å²) in [7, 11) is 1.55. The number of hydrogen-bond acceptors (Lipinski definition) is 3. The van der Waals surface area contributed by atoms with Crippen LogP contribution in [0.1, 0.15) is 47.3 Å². The van der Waals surface area contributed by atoms with Crippen LogP contribution in [0.2, 0.25) is 5.02 Å². The number of hydrogen-bond donors (Lipinski definition) is 0. The molecule has 9 heteroatoms. The number of ether oxygens (including phenoxy) is 1. The number of methoxy groups -OCH3 is 1. The van der Waals surface area contributed by atoms with Crippen molar-refractivity contribution in [2.24, 2.45) is 4.99 Å². The molecule has 0 spiro atoms. The Hall–Kier alpha value is -1.64. The van der Waals surface area contributed by atoms with Crippen molar-refractivity contribution in [2.75, 3.05) is 13.7 Å². The second kappa shape index (κ2) is 8.39. The summed E-state index contributed by atoms with van der Waals surface area (Å²) in [5.41, 5.74) is -0.920. The van der Waals surface area contributed by atoms with Gasteiger partial charge in [-0.25, -0.2) is 0 Å². The highest BCUT2D eigenvalue weighted by atomic mass is 35.5. The van der Waals surface area contributed by atoms with Gasteiger partial charge in [0.2, 0.25) is 0 Å². The van der Waals surface area contributed by atoms with E-state index in [2.05, 4.69) is 4.99 Å². The number of aromatic nitrogens is 1. The Morgan fingerprint density at radius 2 is 1.93 bits per heavy atom. The van der Waals surface area contributed by atoms with E-state index >= 15 is 0 Å². The molecule has 0 saturated heterocycles. The van der Waals surface area contributed by atoms with Gasteiger partial charge in [-0.05, 0) is 30.5 Å². The largest absolute Gasteiger partial charge is 0.417 e. The smallest absolute Gasteiger partial charge is 0.383 e. The molecule has 154 valence electrons. The highest BCUT2D eigenvalue weighted by molar-refractivity contribution is 7.09. The maximum absolute atomic E-state index is 13.3. The van der Waals surface area contributed by atoms with Crippen LogP contribution in [0.3, 0.4) is 0 Å². The van der Waals surface area contributed by atoms with E-state index in [1.54, 1.807) is 11.7 Å². The zero-order valence-electron chi connectivity index (χ0n) is 16.3. The number of rotatable bonds is 4. The summed E-state index contributed by atoms with van der Waals surface area (Å²) in [5, 5.41) is 0.0385. The van der Waals surface area contributed by atoms with Crippen LogP contribution < -0.4 is 4.80 Å². The summed E-state index contributed by atoms with van der Waals surface area (Å²) < 4.78 is 46.8. The fourth-order valence-electron chi connectivity index (χ4n) is 2.80. The van der Waals surface area contributed by atoms with Crippen molar-refractivity contribution >= 4 is 28.8 Å². The lowest BCUT2D eigenvalue weighted by Gasteiger charge is -2.17. The zero-order valence-corrected chi connectivity index (χ0v) is 17.8. The molecule has 1 aromatic carbocycles. The van der Waals surface area contributed by atoms with Gasteiger partial charge in [-0.3, -0.25) is 4.79 Å². The molecular formula is C19H22ClF3N2O2S. The Morgan fingerprint density at radius 3 is 2.46 bits per heavy atom. The standard InChI is InChI=1S/C19H22ClF3N2O2S/c1-11-15(18(2,3)4)28-17(25(11)8-9-27-5)24-16(26)13-10-12(20)6-7-14(13)19(21,22)23/h6-7,10H,8-9H2,1-5H3. The van der Waals surface area contributed by atoms with Gasteiger partial charge in [0.25, 0.3) is 5.91 Å². The monoisotopic (exact) mass is 434 g/mol. The van der Waals surface area contributed by atoms with Crippen molar-refractivity contribution < 1.29 is 22.7 Å². The number of carbonyl (C=O) groups is 1. The second-order valence-corrected chi connectivity index (χ2v) is 8.71. The van der Waals surface area contributed by atoms with Crippen LogP contribution in [-0.2, 0) is 22.9 Å². The molecule has 2 rings (SSSR count). The third-order valence-electron chi connectivity index (χ3n) is 4.07.